The van der Waals surface area contributed by atoms with Crippen molar-refractivity contribution < 1.29 is 28.7 Å². The van der Waals surface area contributed by atoms with Crippen LogP contribution in [0.25, 0.3) is 0 Å². The molecule has 28 heavy (non-hydrogen) atoms. The van der Waals surface area contributed by atoms with E-state index in [1.807, 2.05) is 0 Å². The molecule has 0 bridgehead atoms. The second kappa shape index (κ2) is 10.2. The summed E-state index contributed by atoms with van der Waals surface area (Å²) in [6.07, 6.45) is 2.19. The molecule has 0 radical (unpaired) electrons. The predicted molar refractivity (Wildman–Crippen MR) is 106 cm³/mol. The Morgan fingerprint density at radius 2 is 1.36 bits per heavy atom. The molecular formula is C19H15ClO6S2. The highest BCUT2D eigenvalue weighted by Gasteiger charge is 2.19. The van der Waals surface area contributed by atoms with Gasteiger partial charge in [0, 0.05) is 5.92 Å². The van der Waals surface area contributed by atoms with Crippen molar-refractivity contribution in [1.82, 2.24) is 0 Å². The monoisotopic (exact) mass is 438 g/mol. The maximum absolute atomic E-state index is 11.6. The quantitative estimate of drug-likeness (QED) is 0.235. The average Bonchev–Trinajstić information content (AvgIpc) is 3.18. The molecule has 2 aromatic rings. The Balaban J connectivity index is 0.000000209. The fourth-order valence-corrected chi connectivity index (χ4v) is 3.54. The number of Topliss-reactive ketones (excluding diaryl/α,β-unsaturated/α-hetero) is 1. The molecule has 0 amide bonds. The minimum Gasteiger partial charge on any atom is -0.465 e. The number of esters is 2. The topological polar surface area (TPSA) is 86.7 Å². The highest BCUT2D eigenvalue weighted by molar-refractivity contribution is 7.17. The lowest BCUT2D eigenvalue weighted by molar-refractivity contribution is 0.0597. The molecule has 1 aliphatic carbocycles. The van der Waals surface area contributed by atoms with Crippen LogP contribution < -0.4 is 0 Å². The van der Waals surface area contributed by atoms with Gasteiger partial charge in [-0.2, -0.15) is 0 Å². The Hall–Kier alpha value is -2.47. The van der Waals surface area contributed by atoms with E-state index in [4.69, 9.17) is 11.6 Å². The molecule has 2 aromatic heterocycles. The number of halogens is 1. The first-order chi connectivity index (χ1) is 13.3. The summed E-state index contributed by atoms with van der Waals surface area (Å²) < 4.78 is 9.01. The van der Waals surface area contributed by atoms with Gasteiger partial charge in [0.2, 0.25) is 5.78 Å². The van der Waals surface area contributed by atoms with Crippen molar-refractivity contribution >= 4 is 57.2 Å². The molecule has 0 saturated heterocycles. The number of carbonyl (C=O) groups excluding carboxylic acids is 4. The molecule has 1 saturated carbocycles. The molecule has 9 heteroatoms. The lowest BCUT2D eigenvalue weighted by atomic mass is 10.3. The summed E-state index contributed by atoms with van der Waals surface area (Å²) in [5, 5.41) is -0.560. The first-order valence-electron chi connectivity index (χ1n) is 7.97. The number of hydrogen-bond acceptors (Lipinski definition) is 8. The smallest absolute Gasteiger partial charge is 0.348 e. The first-order valence-corrected chi connectivity index (χ1v) is 9.98. The van der Waals surface area contributed by atoms with E-state index in [1.54, 1.807) is 12.1 Å². The van der Waals surface area contributed by atoms with E-state index in [-0.39, 0.29) is 5.78 Å². The van der Waals surface area contributed by atoms with Gasteiger partial charge in [0.25, 0.3) is 5.24 Å². The normalized spacial score (nSPS) is 12.0. The number of rotatable bonds is 4. The van der Waals surface area contributed by atoms with Gasteiger partial charge < -0.3 is 9.47 Å². The van der Waals surface area contributed by atoms with Crippen molar-refractivity contribution in [3.63, 3.8) is 0 Å². The van der Waals surface area contributed by atoms with Crippen LogP contribution in [0.15, 0.2) is 24.3 Å². The van der Waals surface area contributed by atoms with Gasteiger partial charge in [0.1, 0.15) is 9.75 Å². The molecule has 6 nitrogen and oxygen atoms in total. The van der Waals surface area contributed by atoms with E-state index in [0.717, 1.165) is 35.5 Å². The van der Waals surface area contributed by atoms with Crippen LogP contribution in [0.4, 0.5) is 0 Å². The van der Waals surface area contributed by atoms with E-state index in [2.05, 4.69) is 21.3 Å². The van der Waals surface area contributed by atoms with Gasteiger partial charge in [-0.3, -0.25) is 9.59 Å². The third-order valence-electron chi connectivity index (χ3n) is 3.37. The molecule has 0 aromatic carbocycles. The van der Waals surface area contributed by atoms with Crippen molar-refractivity contribution in [3.8, 4) is 11.8 Å². The zero-order valence-electron chi connectivity index (χ0n) is 14.9. The molecule has 3 rings (SSSR count). The lowest BCUT2D eigenvalue weighted by Gasteiger charge is -1.91. The van der Waals surface area contributed by atoms with E-state index < -0.39 is 17.2 Å². The molecule has 0 spiro atoms. The minimum atomic E-state index is -0.560. The number of ether oxygens (including phenoxy) is 2. The Labute approximate surface area is 174 Å². The average molecular weight is 439 g/mol. The number of ketones is 1. The van der Waals surface area contributed by atoms with Crippen LogP contribution in [0.2, 0.25) is 0 Å². The highest BCUT2D eigenvalue weighted by Crippen LogP contribution is 2.27. The number of methoxy groups -OCH3 is 2. The molecule has 146 valence electrons. The summed E-state index contributed by atoms with van der Waals surface area (Å²) in [7, 11) is 2.60. The van der Waals surface area contributed by atoms with Gasteiger partial charge in [-0.25, -0.2) is 9.59 Å². The second-order valence-electron chi connectivity index (χ2n) is 5.46. The maximum Gasteiger partial charge on any atom is 0.348 e. The molecule has 1 fully saturated rings. The van der Waals surface area contributed by atoms with Gasteiger partial charge in [0.05, 0.1) is 24.0 Å². The number of thiophene rings is 2. The predicted octanol–water partition coefficient (Wildman–Crippen LogP) is 4.04. The van der Waals surface area contributed by atoms with Crippen molar-refractivity contribution in [2.45, 2.75) is 12.8 Å². The molecule has 0 atom stereocenters. The second-order valence-corrected chi connectivity index (χ2v) is 7.97. The van der Waals surface area contributed by atoms with E-state index >= 15 is 0 Å². The van der Waals surface area contributed by atoms with Crippen LogP contribution in [0.1, 0.15) is 51.5 Å². The minimum absolute atomic E-state index is 0.216. The number of hydrogen-bond donors (Lipinski definition) is 0. The van der Waals surface area contributed by atoms with E-state index in [9.17, 15) is 19.2 Å². The van der Waals surface area contributed by atoms with Gasteiger partial charge >= 0.3 is 11.9 Å². The van der Waals surface area contributed by atoms with Crippen molar-refractivity contribution in [3.05, 3.63) is 43.8 Å². The third-order valence-corrected chi connectivity index (χ3v) is 5.81. The summed E-state index contributed by atoms with van der Waals surface area (Å²) in [6.45, 7) is 0. The first kappa shape index (κ1) is 21.8. The molecule has 1 aliphatic rings. The molecule has 2 heterocycles. The SMILES string of the molecule is COC(=O)c1ccc(C(=O)C#CC2CC2)s1.COC(=O)c1ccc(C(=O)Cl)s1. The molecular weight excluding hydrogens is 424 g/mol. The zero-order chi connectivity index (χ0) is 20.7. The van der Waals surface area contributed by atoms with E-state index in [1.165, 1.54) is 26.4 Å². The van der Waals surface area contributed by atoms with Gasteiger partial charge in [-0.15, -0.1) is 22.7 Å². The Morgan fingerprint density at radius 1 is 0.893 bits per heavy atom. The molecule has 0 unspecified atom stereocenters. The number of carbonyl (C=O) groups is 4. The fraction of sp³-hybridized carbons (Fsp3) is 0.263. The van der Waals surface area contributed by atoms with Crippen LogP contribution in [-0.4, -0.2) is 37.2 Å². The highest BCUT2D eigenvalue weighted by atomic mass is 35.5. The summed E-state index contributed by atoms with van der Waals surface area (Å²) in [4.78, 5) is 45.9. The summed E-state index contributed by atoms with van der Waals surface area (Å²) >= 11 is 7.32. The van der Waals surface area contributed by atoms with E-state index in [0.29, 0.717) is 25.4 Å². The molecule has 0 aliphatic heterocycles. The third kappa shape index (κ3) is 6.30. The van der Waals surface area contributed by atoms with Gasteiger partial charge in [0.15, 0.2) is 0 Å². The summed E-state index contributed by atoms with van der Waals surface area (Å²) in [6, 6.07) is 6.20. The van der Waals surface area contributed by atoms with Crippen LogP contribution in [0, 0.1) is 17.8 Å². The van der Waals surface area contributed by atoms with Gasteiger partial charge in [-0.05, 0) is 54.6 Å². The summed E-state index contributed by atoms with van der Waals surface area (Å²) in [5.74, 6) is 4.82. The van der Waals surface area contributed by atoms with Crippen molar-refractivity contribution in [1.29, 1.82) is 0 Å². The Morgan fingerprint density at radius 3 is 1.79 bits per heavy atom. The Kier molecular flexibility index (Phi) is 7.93. The zero-order valence-corrected chi connectivity index (χ0v) is 17.3. The van der Waals surface area contributed by atoms with Crippen LogP contribution in [-0.2, 0) is 9.47 Å². The van der Waals surface area contributed by atoms with Crippen molar-refractivity contribution in [2.75, 3.05) is 14.2 Å². The maximum atomic E-state index is 11.6. The largest absolute Gasteiger partial charge is 0.465 e. The standard InChI is InChI=1S/C12H10O3S.C7H5ClO3S/c1-15-12(14)11-7-6-10(16-11)9(13)5-4-8-2-3-8;1-11-7(10)5-3-2-4(12-5)6(8)9/h6-8H,2-3H2,1H3;2-3H,1H3. The van der Waals surface area contributed by atoms with Crippen LogP contribution in [0.5, 0.6) is 0 Å². The van der Waals surface area contributed by atoms with Crippen LogP contribution in [0.3, 0.4) is 0 Å². The van der Waals surface area contributed by atoms with Crippen LogP contribution >= 0.6 is 34.3 Å². The van der Waals surface area contributed by atoms with Crippen molar-refractivity contribution in [2.24, 2.45) is 5.92 Å². The summed E-state index contributed by atoms with van der Waals surface area (Å²) in [5.41, 5.74) is 0. The molecule has 0 N–H and O–H groups in total. The Bertz CT molecular complexity index is 958. The van der Waals surface area contributed by atoms with Gasteiger partial charge in [-0.1, -0.05) is 5.92 Å². The lowest BCUT2D eigenvalue weighted by Crippen LogP contribution is -1.97. The fourth-order valence-electron chi connectivity index (χ4n) is 1.78.